The zero-order chi connectivity index (χ0) is 15.8. The highest BCUT2D eigenvalue weighted by molar-refractivity contribution is 5.78. The van der Waals surface area contributed by atoms with Crippen molar-refractivity contribution >= 4 is 5.91 Å². The number of benzene rings is 1. The molecule has 1 aromatic rings. The van der Waals surface area contributed by atoms with E-state index >= 15 is 0 Å². The predicted molar refractivity (Wildman–Crippen MR) is 88.7 cm³/mol. The standard InChI is InChI=1S/C18H28N2O2/c1-3-15(4-2)18(21)19-14-17(16-8-6-5-7-9-16)20-10-12-22-13-11-20/h5-9,15,17H,3-4,10-14H2,1-2H3,(H,19,21). The maximum absolute atomic E-state index is 12.3. The molecule has 4 heteroatoms. The molecule has 1 heterocycles. The molecule has 1 atom stereocenters. The molecule has 2 rings (SSSR count). The molecule has 1 aromatic carbocycles. The Morgan fingerprint density at radius 2 is 1.82 bits per heavy atom. The van der Waals surface area contributed by atoms with Crippen LogP contribution in [0.25, 0.3) is 0 Å². The lowest BCUT2D eigenvalue weighted by atomic mass is 10.0. The number of nitrogens with zero attached hydrogens (tertiary/aromatic N) is 1. The number of hydrogen-bond donors (Lipinski definition) is 1. The van der Waals surface area contributed by atoms with Crippen molar-refractivity contribution < 1.29 is 9.53 Å². The van der Waals surface area contributed by atoms with Crippen LogP contribution in [-0.4, -0.2) is 43.7 Å². The molecule has 0 spiro atoms. The van der Waals surface area contributed by atoms with Gasteiger partial charge in [-0.05, 0) is 18.4 Å². The van der Waals surface area contributed by atoms with Gasteiger partial charge in [0, 0.05) is 25.6 Å². The van der Waals surface area contributed by atoms with Crippen molar-refractivity contribution in [2.75, 3.05) is 32.8 Å². The van der Waals surface area contributed by atoms with Crippen molar-refractivity contribution in [3.05, 3.63) is 35.9 Å². The summed E-state index contributed by atoms with van der Waals surface area (Å²) in [5.74, 6) is 0.306. The first-order valence-corrected chi connectivity index (χ1v) is 8.40. The fourth-order valence-electron chi connectivity index (χ4n) is 3.02. The first kappa shape index (κ1) is 17.0. The largest absolute Gasteiger partial charge is 0.379 e. The minimum absolute atomic E-state index is 0.126. The van der Waals surface area contributed by atoms with E-state index in [-0.39, 0.29) is 17.9 Å². The molecular formula is C18H28N2O2. The molecule has 0 saturated carbocycles. The lowest BCUT2D eigenvalue weighted by Crippen LogP contribution is -2.44. The van der Waals surface area contributed by atoms with Crippen molar-refractivity contribution in [3.8, 4) is 0 Å². The number of rotatable bonds is 7. The summed E-state index contributed by atoms with van der Waals surface area (Å²) in [6, 6.07) is 10.7. The lowest BCUT2D eigenvalue weighted by Gasteiger charge is -2.35. The average Bonchev–Trinajstić information content (AvgIpc) is 2.58. The first-order valence-electron chi connectivity index (χ1n) is 8.40. The SMILES string of the molecule is CCC(CC)C(=O)NCC(c1ccccc1)N1CCOCC1. The third-order valence-corrected chi connectivity index (χ3v) is 4.50. The molecule has 4 nitrogen and oxygen atoms in total. The van der Waals surface area contributed by atoms with Crippen LogP contribution in [-0.2, 0) is 9.53 Å². The van der Waals surface area contributed by atoms with Crippen LogP contribution in [0, 0.1) is 5.92 Å². The van der Waals surface area contributed by atoms with E-state index in [4.69, 9.17) is 4.74 Å². The molecule has 1 saturated heterocycles. The highest BCUT2D eigenvalue weighted by Crippen LogP contribution is 2.21. The molecule has 122 valence electrons. The lowest BCUT2D eigenvalue weighted by molar-refractivity contribution is -0.125. The van der Waals surface area contributed by atoms with Gasteiger partial charge in [-0.1, -0.05) is 44.2 Å². The number of ether oxygens (including phenoxy) is 1. The van der Waals surface area contributed by atoms with Gasteiger partial charge in [0.1, 0.15) is 0 Å². The monoisotopic (exact) mass is 304 g/mol. The number of nitrogens with one attached hydrogen (secondary N) is 1. The molecular weight excluding hydrogens is 276 g/mol. The minimum Gasteiger partial charge on any atom is -0.379 e. The Labute approximate surface area is 133 Å². The van der Waals surface area contributed by atoms with Gasteiger partial charge >= 0.3 is 0 Å². The van der Waals surface area contributed by atoms with Gasteiger partial charge in [0.2, 0.25) is 5.91 Å². The zero-order valence-corrected chi connectivity index (χ0v) is 13.8. The second-order valence-electron chi connectivity index (χ2n) is 5.83. The molecule has 1 fully saturated rings. The van der Waals surface area contributed by atoms with Crippen LogP contribution in [0.15, 0.2) is 30.3 Å². The highest BCUT2D eigenvalue weighted by atomic mass is 16.5. The zero-order valence-electron chi connectivity index (χ0n) is 13.8. The maximum atomic E-state index is 12.3. The average molecular weight is 304 g/mol. The number of carbonyl (C=O) groups is 1. The quantitative estimate of drug-likeness (QED) is 0.842. The molecule has 22 heavy (non-hydrogen) atoms. The summed E-state index contributed by atoms with van der Waals surface area (Å²) >= 11 is 0. The first-order chi connectivity index (χ1) is 10.8. The van der Waals surface area contributed by atoms with E-state index in [1.165, 1.54) is 5.56 Å². The Morgan fingerprint density at radius 3 is 2.41 bits per heavy atom. The molecule has 1 N–H and O–H groups in total. The van der Waals surface area contributed by atoms with Crippen LogP contribution in [0.4, 0.5) is 0 Å². The third kappa shape index (κ3) is 4.55. The fraction of sp³-hybridized carbons (Fsp3) is 0.611. The summed E-state index contributed by atoms with van der Waals surface area (Å²) in [5.41, 5.74) is 1.26. The summed E-state index contributed by atoms with van der Waals surface area (Å²) in [5, 5.41) is 3.16. The van der Waals surface area contributed by atoms with Gasteiger partial charge in [0.05, 0.1) is 19.3 Å². The summed E-state index contributed by atoms with van der Waals surface area (Å²) in [6.45, 7) is 8.18. The molecule has 0 aromatic heterocycles. The molecule has 0 aliphatic carbocycles. The van der Waals surface area contributed by atoms with E-state index in [0.29, 0.717) is 6.54 Å². The Bertz CT molecular complexity index is 440. The van der Waals surface area contributed by atoms with Crippen LogP contribution in [0.3, 0.4) is 0 Å². The van der Waals surface area contributed by atoms with E-state index in [9.17, 15) is 4.79 Å². The molecule has 0 radical (unpaired) electrons. The van der Waals surface area contributed by atoms with Crippen molar-refractivity contribution in [2.45, 2.75) is 32.7 Å². The second-order valence-corrected chi connectivity index (χ2v) is 5.83. The summed E-state index contributed by atoms with van der Waals surface area (Å²) in [4.78, 5) is 14.7. The van der Waals surface area contributed by atoms with Gasteiger partial charge in [-0.25, -0.2) is 0 Å². The normalized spacial score (nSPS) is 17.4. The van der Waals surface area contributed by atoms with Gasteiger partial charge in [-0.15, -0.1) is 0 Å². The van der Waals surface area contributed by atoms with Crippen LogP contribution < -0.4 is 5.32 Å². The van der Waals surface area contributed by atoms with E-state index in [1.54, 1.807) is 0 Å². The van der Waals surface area contributed by atoms with E-state index < -0.39 is 0 Å². The van der Waals surface area contributed by atoms with Gasteiger partial charge in [0.25, 0.3) is 0 Å². The van der Waals surface area contributed by atoms with E-state index in [0.717, 1.165) is 39.1 Å². The van der Waals surface area contributed by atoms with Crippen molar-refractivity contribution in [3.63, 3.8) is 0 Å². The molecule has 1 unspecified atom stereocenters. The number of carbonyl (C=O) groups excluding carboxylic acids is 1. The maximum Gasteiger partial charge on any atom is 0.223 e. The van der Waals surface area contributed by atoms with Crippen LogP contribution in [0.1, 0.15) is 38.3 Å². The topological polar surface area (TPSA) is 41.6 Å². The van der Waals surface area contributed by atoms with Crippen LogP contribution >= 0.6 is 0 Å². The van der Waals surface area contributed by atoms with Gasteiger partial charge in [-0.3, -0.25) is 9.69 Å². The van der Waals surface area contributed by atoms with Crippen LogP contribution in [0.5, 0.6) is 0 Å². The number of hydrogen-bond acceptors (Lipinski definition) is 3. The third-order valence-electron chi connectivity index (χ3n) is 4.50. The van der Waals surface area contributed by atoms with Gasteiger partial charge < -0.3 is 10.1 Å². The van der Waals surface area contributed by atoms with Crippen LogP contribution in [0.2, 0.25) is 0 Å². The smallest absolute Gasteiger partial charge is 0.223 e. The Hall–Kier alpha value is -1.39. The van der Waals surface area contributed by atoms with Crippen molar-refractivity contribution in [2.24, 2.45) is 5.92 Å². The van der Waals surface area contributed by atoms with Crippen molar-refractivity contribution in [1.29, 1.82) is 0 Å². The number of amides is 1. The highest BCUT2D eigenvalue weighted by Gasteiger charge is 2.24. The van der Waals surface area contributed by atoms with Gasteiger partial charge in [0.15, 0.2) is 0 Å². The molecule has 1 aliphatic heterocycles. The summed E-state index contributed by atoms with van der Waals surface area (Å²) < 4.78 is 5.46. The minimum atomic E-state index is 0.126. The molecule has 1 aliphatic rings. The van der Waals surface area contributed by atoms with E-state index in [2.05, 4.69) is 48.3 Å². The fourth-order valence-corrected chi connectivity index (χ4v) is 3.02. The second kappa shape index (κ2) is 8.91. The molecule has 1 amide bonds. The summed E-state index contributed by atoms with van der Waals surface area (Å²) in [6.07, 6.45) is 1.80. The molecule has 0 bridgehead atoms. The predicted octanol–water partition coefficient (Wildman–Crippen LogP) is 2.61. The van der Waals surface area contributed by atoms with E-state index in [1.807, 2.05) is 6.07 Å². The van der Waals surface area contributed by atoms with Crippen molar-refractivity contribution in [1.82, 2.24) is 10.2 Å². The Balaban J connectivity index is 2.03. The summed E-state index contributed by atoms with van der Waals surface area (Å²) in [7, 11) is 0. The Kier molecular flexibility index (Phi) is 6.87. The van der Waals surface area contributed by atoms with Gasteiger partial charge in [-0.2, -0.15) is 0 Å². The Morgan fingerprint density at radius 1 is 1.18 bits per heavy atom. The number of morpholine rings is 1.